The molecule has 0 unspecified atom stereocenters. The smallest absolute Gasteiger partial charge is 0.258 e. The van der Waals surface area contributed by atoms with Gasteiger partial charge in [0.1, 0.15) is 0 Å². The van der Waals surface area contributed by atoms with Crippen molar-refractivity contribution in [2.45, 2.75) is 0 Å². The molecule has 3 aromatic rings. The predicted molar refractivity (Wildman–Crippen MR) is 78.4 cm³/mol. The number of thiophene rings is 1. The zero-order valence-corrected chi connectivity index (χ0v) is 11.1. The molecule has 2 heterocycles. The van der Waals surface area contributed by atoms with Crippen LogP contribution in [0.4, 0.5) is 15.9 Å². The quantitative estimate of drug-likeness (QED) is 0.760. The molecule has 0 saturated carbocycles. The lowest BCUT2D eigenvalue weighted by Gasteiger charge is -2.07. The van der Waals surface area contributed by atoms with Crippen molar-refractivity contribution in [1.29, 1.82) is 0 Å². The van der Waals surface area contributed by atoms with Crippen LogP contribution in [0.25, 0.3) is 10.1 Å². The first kappa shape index (κ1) is 12.6. The zero-order valence-electron chi connectivity index (χ0n) is 10.3. The highest BCUT2D eigenvalue weighted by Crippen LogP contribution is 2.24. The first-order valence-electron chi connectivity index (χ1n) is 5.84. The third-order valence-electron chi connectivity index (χ3n) is 2.87. The van der Waals surface area contributed by atoms with Crippen molar-refractivity contribution in [2.75, 3.05) is 11.1 Å². The lowest BCUT2D eigenvalue weighted by atomic mass is 10.2. The average Bonchev–Trinajstić information content (AvgIpc) is 2.89. The van der Waals surface area contributed by atoms with Crippen LogP contribution in [-0.4, -0.2) is 10.9 Å². The lowest BCUT2D eigenvalue weighted by Crippen LogP contribution is -2.15. The summed E-state index contributed by atoms with van der Waals surface area (Å²) in [5.74, 6) is -1.64. The lowest BCUT2D eigenvalue weighted by molar-refractivity contribution is 0.102. The number of amides is 1. The fourth-order valence-electron chi connectivity index (χ4n) is 1.88. The van der Waals surface area contributed by atoms with E-state index in [1.165, 1.54) is 12.3 Å². The molecule has 0 aliphatic carbocycles. The van der Waals surface area contributed by atoms with Crippen LogP contribution < -0.4 is 11.1 Å². The van der Waals surface area contributed by atoms with Crippen molar-refractivity contribution in [3.63, 3.8) is 0 Å². The van der Waals surface area contributed by atoms with E-state index in [0.717, 1.165) is 10.1 Å². The summed E-state index contributed by atoms with van der Waals surface area (Å²) in [5, 5.41) is 5.65. The molecule has 100 valence electrons. The summed E-state index contributed by atoms with van der Waals surface area (Å²) >= 11 is 1.62. The number of fused-ring (bicyclic) bond motifs is 1. The highest BCUT2D eigenvalue weighted by Gasteiger charge is 2.14. The van der Waals surface area contributed by atoms with Crippen molar-refractivity contribution in [2.24, 2.45) is 0 Å². The maximum Gasteiger partial charge on any atom is 0.258 e. The second-order valence-electron chi connectivity index (χ2n) is 4.19. The van der Waals surface area contributed by atoms with E-state index in [1.807, 2.05) is 23.6 Å². The maximum atomic E-state index is 13.7. The molecule has 0 radical (unpaired) electrons. The van der Waals surface area contributed by atoms with E-state index in [2.05, 4.69) is 10.3 Å². The number of carbonyl (C=O) groups excluding carboxylic acids is 1. The standard InChI is InChI=1S/C14H10FN3OS/c15-12-10(3-5-17-13(12)16)14(19)18-9-1-2-11-8(7-9)4-6-20-11/h1-7H,(H2,16,17)(H,18,19). The van der Waals surface area contributed by atoms with Crippen molar-refractivity contribution >= 4 is 38.8 Å². The summed E-state index contributed by atoms with van der Waals surface area (Å²) in [4.78, 5) is 15.6. The Labute approximate surface area is 118 Å². The second-order valence-corrected chi connectivity index (χ2v) is 5.13. The highest BCUT2D eigenvalue weighted by molar-refractivity contribution is 7.17. The summed E-state index contributed by atoms with van der Waals surface area (Å²) in [6, 6.07) is 8.78. The minimum absolute atomic E-state index is 0.122. The van der Waals surface area contributed by atoms with E-state index >= 15 is 0 Å². The van der Waals surface area contributed by atoms with Gasteiger partial charge in [0.2, 0.25) is 0 Å². The van der Waals surface area contributed by atoms with Gasteiger partial charge in [0.25, 0.3) is 5.91 Å². The number of nitrogens with one attached hydrogen (secondary N) is 1. The number of nitrogens with zero attached hydrogens (tertiary/aromatic N) is 1. The monoisotopic (exact) mass is 287 g/mol. The van der Waals surface area contributed by atoms with Crippen molar-refractivity contribution < 1.29 is 9.18 Å². The minimum Gasteiger partial charge on any atom is -0.381 e. The molecule has 0 aliphatic rings. The fourth-order valence-corrected chi connectivity index (χ4v) is 2.65. The molecule has 0 fully saturated rings. The molecule has 20 heavy (non-hydrogen) atoms. The Hall–Kier alpha value is -2.47. The van der Waals surface area contributed by atoms with E-state index in [-0.39, 0.29) is 11.4 Å². The van der Waals surface area contributed by atoms with Crippen molar-refractivity contribution in [3.8, 4) is 0 Å². The number of nitrogens with two attached hydrogens (primary N) is 1. The van der Waals surface area contributed by atoms with Gasteiger partial charge >= 0.3 is 0 Å². The van der Waals surface area contributed by atoms with Crippen LogP contribution in [0.2, 0.25) is 0 Å². The third kappa shape index (κ3) is 2.21. The van der Waals surface area contributed by atoms with E-state index in [4.69, 9.17) is 5.73 Å². The van der Waals surface area contributed by atoms with Gasteiger partial charge in [-0.15, -0.1) is 11.3 Å². The van der Waals surface area contributed by atoms with Gasteiger partial charge in [-0.2, -0.15) is 0 Å². The maximum absolute atomic E-state index is 13.7. The van der Waals surface area contributed by atoms with Crippen LogP contribution in [0.1, 0.15) is 10.4 Å². The van der Waals surface area contributed by atoms with Crippen molar-refractivity contribution in [3.05, 3.63) is 53.3 Å². The summed E-state index contributed by atoms with van der Waals surface area (Å²) in [5.41, 5.74) is 5.83. The van der Waals surface area contributed by atoms with Crippen LogP contribution in [0.15, 0.2) is 41.9 Å². The Morgan fingerprint density at radius 2 is 2.15 bits per heavy atom. The van der Waals surface area contributed by atoms with E-state index < -0.39 is 11.7 Å². The number of benzene rings is 1. The fraction of sp³-hybridized carbons (Fsp3) is 0. The van der Waals surface area contributed by atoms with E-state index in [9.17, 15) is 9.18 Å². The molecule has 0 bridgehead atoms. The normalized spacial score (nSPS) is 10.7. The largest absolute Gasteiger partial charge is 0.381 e. The van der Waals surface area contributed by atoms with Gasteiger partial charge in [-0.25, -0.2) is 9.37 Å². The Balaban J connectivity index is 1.90. The topological polar surface area (TPSA) is 68.0 Å². The number of halogens is 1. The molecule has 1 aromatic carbocycles. The van der Waals surface area contributed by atoms with Gasteiger partial charge < -0.3 is 11.1 Å². The van der Waals surface area contributed by atoms with Crippen LogP contribution in [0, 0.1) is 5.82 Å². The predicted octanol–water partition coefficient (Wildman–Crippen LogP) is 3.27. The van der Waals surface area contributed by atoms with Gasteiger partial charge in [0, 0.05) is 16.6 Å². The minimum atomic E-state index is -0.804. The van der Waals surface area contributed by atoms with Gasteiger partial charge in [-0.1, -0.05) is 0 Å². The summed E-state index contributed by atoms with van der Waals surface area (Å²) in [7, 11) is 0. The number of rotatable bonds is 2. The Bertz CT molecular complexity index is 800. The van der Waals surface area contributed by atoms with Gasteiger partial charge in [-0.05, 0) is 41.1 Å². The number of hydrogen-bond donors (Lipinski definition) is 2. The Morgan fingerprint density at radius 1 is 1.30 bits per heavy atom. The van der Waals surface area contributed by atoms with Crippen molar-refractivity contribution in [1.82, 2.24) is 4.98 Å². The molecule has 4 nitrogen and oxygen atoms in total. The number of hydrogen-bond acceptors (Lipinski definition) is 4. The zero-order chi connectivity index (χ0) is 14.1. The number of aromatic nitrogens is 1. The van der Waals surface area contributed by atoms with Crippen LogP contribution in [0.3, 0.4) is 0 Å². The molecule has 2 aromatic heterocycles. The first-order valence-corrected chi connectivity index (χ1v) is 6.72. The first-order chi connectivity index (χ1) is 9.65. The SMILES string of the molecule is Nc1nccc(C(=O)Nc2ccc3sccc3c2)c1F. The summed E-state index contributed by atoms with van der Waals surface area (Å²) < 4.78 is 14.8. The Kier molecular flexibility index (Phi) is 3.08. The molecule has 1 amide bonds. The summed E-state index contributed by atoms with van der Waals surface area (Å²) in [6.45, 7) is 0. The van der Waals surface area contributed by atoms with Gasteiger partial charge in [0.15, 0.2) is 11.6 Å². The van der Waals surface area contributed by atoms with Gasteiger partial charge in [0.05, 0.1) is 5.56 Å². The molecule has 0 spiro atoms. The number of carbonyl (C=O) groups is 1. The average molecular weight is 287 g/mol. The Morgan fingerprint density at radius 3 is 3.00 bits per heavy atom. The second kappa shape index (κ2) is 4.90. The van der Waals surface area contributed by atoms with E-state index in [0.29, 0.717) is 5.69 Å². The molecule has 0 saturated heterocycles. The third-order valence-corrected chi connectivity index (χ3v) is 3.77. The van der Waals surface area contributed by atoms with Gasteiger partial charge in [-0.3, -0.25) is 4.79 Å². The highest BCUT2D eigenvalue weighted by atomic mass is 32.1. The molecular weight excluding hydrogens is 277 g/mol. The molecule has 0 atom stereocenters. The van der Waals surface area contributed by atoms with Crippen LogP contribution in [-0.2, 0) is 0 Å². The molecule has 6 heteroatoms. The molecule has 3 N–H and O–H groups in total. The summed E-state index contributed by atoms with van der Waals surface area (Å²) in [6.07, 6.45) is 1.30. The molecular formula is C14H10FN3OS. The number of anilines is 2. The number of nitrogen functional groups attached to an aromatic ring is 1. The molecule has 3 rings (SSSR count). The number of pyridine rings is 1. The molecule has 0 aliphatic heterocycles. The van der Waals surface area contributed by atoms with E-state index in [1.54, 1.807) is 17.4 Å². The van der Waals surface area contributed by atoms with Crippen LogP contribution >= 0.6 is 11.3 Å². The van der Waals surface area contributed by atoms with Crippen LogP contribution in [0.5, 0.6) is 0 Å².